The van der Waals surface area contributed by atoms with E-state index in [0.29, 0.717) is 53.5 Å². The maximum atomic E-state index is 14.0. The van der Waals surface area contributed by atoms with Crippen LogP contribution in [-0.4, -0.2) is 76.3 Å². The molecule has 2 aromatic heterocycles. The van der Waals surface area contributed by atoms with E-state index in [1.54, 1.807) is 33.8 Å². The number of hydrogen-bond acceptors (Lipinski definition) is 8. The van der Waals surface area contributed by atoms with Gasteiger partial charge in [0, 0.05) is 44.4 Å². The summed E-state index contributed by atoms with van der Waals surface area (Å²) in [6, 6.07) is 13.5. The average molecular weight is 599 g/mol. The number of aromatic nitrogens is 3. The maximum absolute atomic E-state index is 14.0. The summed E-state index contributed by atoms with van der Waals surface area (Å²) < 4.78 is 19.2. The first-order chi connectivity index (χ1) is 21.2. The molecule has 3 amide bonds. The molecule has 2 atom stereocenters. The topological polar surface area (TPSA) is 137 Å². The SMILES string of the molecule is COc1ccc2cc1OCC(=O)NCc1ccc(cc1)O[C@@H]1CCN(C(=O)c3cc(C)nc4c3c(C)nn4C)C[C@@H]1NC2=O. The van der Waals surface area contributed by atoms with E-state index >= 15 is 0 Å². The first-order valence-corrected chi connectivity index (χ1v) is 14.4. The number of benzene rings is 2. The summed E-state index contributed by atoms with van der Waals surface area (Å²) in [5.41, 5.74) is 3.83. The zero-order chi connectivity index (χ0) is 31.0. The number of ether oxygens (including phenoxy) is 3. The number of amides is 3. The van der Waals surface area contributed by atoms with Crippen LogP contribution in [0.3, 0.4) is 0 Å². The molecular formula is C32H34N6O6. The van der Waals surface area contributed by atoms with Gasteiger partial charge < -0.3 is 29.7 Å². The van der Waals surface area contributed by atoms with Gasteiger partial charge in [-0.15, -0.1) is 0 Å². The molecule has 5 heterocycles. The van der Waals surface area contributed by atoms with Gasteiger partial charge in [0.05, 0.1) is 29.8 Å². The molecule has 44 heavy (non-hydrogen) atoms. The number of rotatable bonds is 2. The quantitative estimate of drug-likeness (QED) is 0.360. The van der Waals surface area contributed by atoms with Crippen LogP contribution in [0.2, 0.25) is 0 Å². The second kappa shape index (κ2) is 11.9. The van der Waals surface area contributed by atoms with Crippen LogP contribution in [0.4, 0.5) is 0 Å². The minimum Gasteiger partial charge on any atom is -0.493 e. The van der Waals surface area contributed by atoms with E-state index in [2.05, 4.69) is 20.7 Å². The molecular weight excluding hydrogens is 564 g/mol. The summed E-state index contributed by atoms with van der Waals surface area (Å²) in [7, 11) is 3.30. The molecule has 1 saturated heterocycles. The van der Waals surface area contributed by atoms with Crippen LogP contribution in [-0.2, 0) is 18.4 Å². The van der Waals surface area contributed by atoms with E-state index in [4.69, 9.17) is 14.2 Å². The number of carbonyl (C=O) groups excluding carboxylic acids is 3. The Balaban J connectivity index is 1.33. The number of hydrogen-bond donors (Lipinski definition) is 2. The second-order valence-electron chi connectivity index (χ2n) is 11.1. The Bertz CT molecular complexity index is 1750. The van der Waals surface area contributed by atoms with E-state index in [0.717, 1.165) is 16.6 Å². The number of methoxy groups -OCH3 is 1. The summed E-state index contributed by atoms with van der Waals surface area (Å²) >= 11 is 0. The van der Waals surface area contributed by atoms with Gasteiger partial charge in [-0.1, -0.05) is 12.1 Å². The van der Waals surface area contributed by atoms with E-state index in [9.17, 15) is 14.4 Å². The third kappa shape index (κ3) is 5.75. The molecule has 12 nitrogen and oxygen atoms in total. The molecule has 4 aromatic rings. The van der Waals surface area contributed by atoms with Crippen molar-refractivity contribution in [2.45, 2.75) is 39.0 Å². The highest BCUT2D eigenvalue weighted by atomic mass is 16.5. The van der Waals surface area contributed by atoms with Crippen molar-refractivity contribution in [1.82, 2.24) is 30.3 Å². The highest BCUT2D eigenvalue weighted by Crippen LogP contribution is 2.29. The number of nitrogens with one attached hydrogen (secondary N) is 2. The average Bonchev–Trinajstić information content (AvgIpc) is 3.31. The lowest BCUT2D eigenvalue weighted by Crippen LogP contribution is -2.58. The van der Waals surface area contributed by atoms with Crippen LogP contribution < -0.4 is 24.8 Å². The van der Waals surface area contributed by atoms with Crippen molar-refractivity contribution in [2.24, 2.45) is 7.05 Å². The Kier molecular flexibility index (Phi) is 7.81. The molecule has 228 valence electrons. The predicted molar refractivity (Wildman–Crippen MR) is 161 cm³/mol. The fourth-order valence-corrected chi connectivity index (χ4v) is 5.74. The lowest BCUT2D eigenvalue weighted by molar-refractivity contribution is -0.123. The molecule has 1 fully saturated rings. The van der Waals surface area contributed by atoms with E-state index in [1.807, 2.05) is 45.2 Å². The largest absolute Gasteiger partial charge is 0.493 e. The molecule has 2 N–H and O–H groups in total. The van der Waals surface area contributed by atoms with Gasteiger partial charge in [0.2, 0.25) is 0 Å². The molecule has 0 unspecified atom stereocenters. The predicted octanol–water partition coefficient (Wildman–Crippen LogP) is 2.69. The molecule has 3 aliphatic rings. The van der Waals surface area contributed by atoms with Crippen molar-refractivity contribution in [1.29, 1.82) is 0 Å². The Labute approximate surface area is 254 Å². The Morgan fingerprint density at radius 1 is 1.09 bits per heavy atom. The minimum absolute atomic E-state index is 0.158. The first-order valence-electron chi connectivity index (χ1n) is 14.4. The van der Waals surface area contributed by atoms with Crippen molar-refractivity contribution in [2.75, 3.05) is 26.8 Å². The third-order valence-corrected chi connectivity index (χ3v) is 7.97. The zero-order valence-corrected chi connectivity index (χ0v) is 25.0. The molecule has 0 spiro atoms. The first kappa shape index (κ1) is 29.0. The van der Waals surface area contributed by atoms with Gasteiger partial charge in [-0.2, -0.15) is 5.10 Å². The van der Waals surface area contributed by atoms with Gasteiger partial charge in [-0.25, -0.2) is 4.98 Å². The highest BCUT2D eigenvalue weighted by Gasteiger charge is 2.36. The molecule has 0 radical (unpaired) electrons. The minimum atomic E-state index is -0.529. The highest BCUT2D eigenvalue weighted by molar-refractivity contribution is 6.06. The van der Waals surface area contributed by atoms with E-state index in [1.165, 1.54) is 7.11 Å². The van der Waals surface area contributed by atoms with Crippen LogP contribution in [0.1, 0.15) is 44.1 Å². The van der Waals surface area contributed by atoms with Gasteiger partial charge in [-0.3, -0.25) is 19.1 Å². The lowest BCUT2D eigenvalue weighted by Gasteiger charge is -2.39. The van der Waals surface area contributed by atoms with E-state index in [-0.39, 0.29) is 36.6 Å². The van der Waals surface area contributed by atoms with Crippen molar-refractivity contribution in [3.63, 3.8) is 0 Å². The molecule has 4 bridgehead atoms. The maximum Gasteiger partial charge on any atom is 0.258 e. The van der Waals surface area contributed by atoms with Crippen LogP contribution >= 0.6 is 0 Å². The number of piperidine rings is 1. The van der Waals surface area contributed by atoms with Crippen LogP contribution in [0.15, 0.2) is 48.5 Å². The standard InChI is InChI=1S/C32H34N6O6/c1-18-13-23(29-19(2)36-37(3)30(29)34-18)32(41)38-12-11-25-24(16-38)35-31(40)21-7-10-26(42-4)27(14-21)43-17-28(39)33-15-20-5-8-22(44-25)9-6-20/h5-10,13-14,24-25H,11-12,15-17H2,1-4H3,(H,33,39)(H,35,40)/t24-,25+/m0/s1. The molecule has 2 aromatic carbocycles. The molecule has 12 heteroatoms. The summed E-state index contributed by atoms with van der Waals surface area (Å²) in [6.07, 6.45) is 0.0857. The Hall–Kier alpha value is -5.13. The van der Waals surface area contributed by atoms with Gasteiger partial charge in [0.1, 0.15) is 11.9 Å². The number of aryl methyl sites for hydroxylation is 3. The van der Waals surface area contributed by atoms with Crippen molar-refractivity contribution >= 4 is 28.8 Å². The number of carbonyl (C=O) groups is 3. The summed E-state index contributed by atoms with van der Waals surface area (Å²) in [5, 5.41) is 11.1. The van der Waals surface area contributed by atoms with Crippen molar-refractivity contribution < 1.29 is 28.6 Å². The fourth-order valence-electron chi connectivity index (χ4n) is 5.74. The summed E-state index contributed by atoms with van der Waals surface area (Å²) in [4.78, 5) is 46.4. The van der Waals surface area contributed by atoms with Gasteiger partial charge >= 0.3 is 0 Å². The van der Waals surface area contributed by atoms with Crippen LogP contribution in [0.5, 0.6) is 17.2 Å². The third-order valence-electron chi connectivity index (χ3n) is 7.97. The molecule has 7 rings (SSSR count). The van der Waals surface area contributed by atoms with Gasteiger partial charge in [-0.05, 0) is 55.8 Å². The van der Waals surface area contributed by atoms with Crippen LogP contribution in [0.25, 0.3) is 11.0 Å². The number of pyridine rings is 1. The van der Waals surface area contributed by atoms with Gasteiger partial charge in [0.15, 0.2) is 23.8 Å². The summed E-state index contributed by atoms with van der Waals surface area (Å²) in [5.74, 6) is 0.434. The summed E-state index contributed by atoms with van der Waals surface area (Å²) in [6.45, 7) is 4.46. The smallest absolute Gasteiger partial charge is 0.258 e. The molecule has 0 aliphatic carbocycles. The zero-order valence-electron chi connectivity index (χ0n) is 25.0. The van der Waals surface area contributed by atoms with Crippen molar-refractivity contribution in [3.05, 3.63) is 76.6 Å². The van der Waals surface area contributed by atoms with Gasteiger partial charge in [0.25, 0.3) is 17.7 Å². The normalized spacial score (nSPS) is 18.9. The van der Waals surface area contributed by atoms with Crippen LogP contribution in [0, 0.1) is 13.8 Å². The van der Waals surface area contributed by atoms with Crippen molar-refractivity contribution in [3.8, 4) is 17.2 Å². The second-order valence-corrected chi connectivity index (χ2v) is 11.1. The Morgan fingerprint density at radius 3 is 2.66 bits per heavy atom. The lowest BCUT2D eigenvalue weighted by atomic mass is 9.99. The molecule has 0 saturated carbocycles. The number of nitrogens with zero attached hydrogens (tertiary/aromatic N) is 4. The number of fused-ring (bicyclic) bond motifs is 8. The fraction of sp³-hybridized carbons (Fsp3) is 0.344. The van der Waals surface area contributed by atoms with E-state index < -0.39 is 12.1 Å². The number of likely N-dealkylation sites (tertiary alicyclic amines) is 1. The molecule has 3 aliphatic heterocycles. The monoisotopic (exact) mass is 598 g/mol. The Morgan fingerprint density at radius 2 is 1.89 bits per heavy atom.